The van der Waals surface area contributed by atoms with Crippen LogP contribution >= 0.6 is 11.6 Å². The molecule has 0 unspecified atom stereocenters. The van der Waals surface area contributed by atoms with Crippen molar-refractivity contribution in [2.75, 3.05) is 13.1 Å². The predicted molar refractivity (Wildman–Crippen MR) is 114 cm³/mol. The molecule has 1 aromatic heterocycles. The zero-order chi connectivity index (χ0) is 20.8. The molecule has 1 aliphatic rings. The maximum atomic E-state index is 13.0. The van der Waals surface area contributed by atoms with E-state index in [0.717, 1.165) is 11.1 Å². The molecule has 0 atom stereocenters. The second-order valence-electron chi connectivity index (χ2n) is 7.58. The van der Waals surface area contributed by atoms with Crippen LogP contribution in [0.1, 0.15) is 30.0 Å². The van der Waals surface area contributed by atoms with Crippen LogP contribution in [0.4, 0.5) is 0 Å². The van der Waals surface area contributed by atoms with Gasteiger partial charge in [0, 0.05) is 24.2 Å². The van der Waals surface area contributed by atoms with Crippen LogP contribution < -0.4 is 5.56 Å². The van der Waals surface area contributed by atoms with E-state index in [1.807, 2.05) is 19.9 Å². The van der Waals surface area contributed by atoms with Crippen molar-refractivity contribution >= 4 is 32.5 Å². The summed E-state index contributed by atoms with van der Waals surface area (Å²) in [5.74, 6) is 0. The van der Waals surface area contributed by atoms with Crippen LogP contribution in [-0.2, 0) is 10.0 Å². The number of nitrogens with zero attached hydrogens (tertiary/aromatic N) is 3. The highest BCUT2D eigenvalue weighted by atomic mass is 35.5. The van der Waals surface area contributed by atoms with Crippen LogP contribution in [0.15, 0.2) is 52.4 Å². The van der Waals surface area contributed by atoms with Crippen molar-refractivity contribution in [3.63, 3.8) is 0 Å². The van der Waals surface area contributed by atoms with Crippen LogP contribution in [0, 0.1) is 13.8 Å². The van der Waals surface area contributed by atoms with Crippen molar-refractivity contribution in [2.24, 2.45) is 0 Å². The van der Waals surface area contributed by atoms with Gasteiger partial charge in [0.05, 0.1) is 22.1 Å². The molecule has 1 aliphatic heterocycles. The number of aromatic nitrogens is 2. The Hall–Kier alpha value is -2.22. The molecule has 0 amide bonds. The highest BCUT2D eigenvalue weighted by Gasteiger charge is 2.30. The predicted octanol–water partition coefficient (Wildman–Crippen LogP) is 3.69. The summed E-state index contributed by atoms with van der Waals surface area (Å²) in [6, 6.07) is 10.3. The Morgan fingerprint density at radius 3 is 2.34 bits per heavy atom. The Morgan fingerprint density at radius 1 is 1.03 bits per heavy atom. The van der Waals surface area contributed by atoms with Gasteiger partial charge in [-0.1, -0.05) is 17.7 Å². The first-order chi connectivity index (χ1) is 13.8. The van der Waals surface area contributed by atoms with E-state index >= 15 is 0 Å². The molecule has 3 aromatic rings. The summed E-state index contributed by atoms with van der Waals surface area (Å²) in [6.45, 7) is 4.51. The van der Waals surface area contributed by atoms with E-state index in [1.165, 1.54) is 4.31 Å². The zero-order valence-electron chi connectivity index (χ0n) is 16.3. The second-order valence-corrected chi connectivity index (χ2v) is 9.95. The van der Waals surface area contributed by atoms with Gasteiger partial charge in [-0.3, -0.25) is 9.36 Å². The minimum Gasteiger partial charge on any atom is -0.296 e. The average Bonchev–Trinajstić information content (AvgIpc) is 2.68. The first-order valence-electron chi connectivity index (χ1n) is 9.50. The van der Waals surface area contributed by atoms with Crippen molar-refractivity contribution in [2.45, 2.75) is 37.6 Å². The number of sulfonamides is 1. The fraction of sp³-hybridized carbons (Fsp3) is 0.333. The summed E-state index contributed by atoms with van der Waals surface area (Å²) in [6.07, 6.45) is 2.66. The molecule has 1 saturated heterocycles. The normalized spacial score (nSPS) is 16.4. The van der Waals surface area contributed by atoms with Crippen molar-refractivity contribution in [3.8, 4) is 0 Å². The summed E-state index contributed by atoms with van der Waals surface area (Å²) in [5.41, 5.74) is 2.30. The second kappa shape index (κ2) is 7.55. The van der Waals surface area contributed by atoms with Crippen LogP contribution in [0.3, 0.4) is 0 Å². The standard InChI is InChI=1S/C21H22ClN3O3S/c1-14-9-15(2)11-18(10-14)29(27,28)24-7-5-17(6-8-24)25-13-23-20-4-3-16(22)12-19(20)21(25)26/h3-4,9-13,17H,5-8H2,1-2H3. The molecule has 6 nitrogen and oxygen atoms in total. The van der Waals surface area contributed by atoms with Crippen LogP contribution in [-0.4, -0.2) is 35.4 Å². The molecule has 152 valence electrons. The van der Waals surface area contributed by atoms with E-state index < -0.39 is 10.0 Å². The highest BCUT2D eigenvalue weighted by molar-refractivity contribution is 7.89. The number of piperidine rings is 1. The SMILES string of the molecule is Cc1cc(C)cc(S(=O)(=O)N2CCC(n3cnc4ccc(Cl)cc4c3=O)CC2)c1. The Morgan fingerprint density at radius 2 is 1.69 bits per heavy atom. The summed E-state index contributed by atoms with van der Waals surface area (Å²) < 4.78 is 29.2. The number of aryl methyl sites for hydroxylation is 2. The molecule has 0 spiro atoms. The van der Waals surface area contributed by atoms with E-state index in [2.05, 4.69) is 4.98 Å². The topological polar surface area (TPSA) is 72.3 Å². The number of benzene rings is 2. The van der Waals surface area contributed by atoms with Crippen LogP contribution in [0.2, 0.25) is 5.02 Å². The smallest absolute Gasteiger partial charge is 0.261 e. The quantitative estimate of drug-likeness (QED) is 0.634. The highest BCUT2D eigenvalue weighted by Crippen LogP contribution is 2.27. The fourth-order valence-corrected chi connectivity index (χ4v) is 5.79. The van der Waals surface area contributed by atoms with Crippen molar-refractivity contribution in [1.29, 1.82) is 0 Å². The van der Waals surface area contributed by atoms with Gasteiger partial charge in [0.1, 0.15) is 0 Å². The maximum Gasteiger partial charge on any atom is 0.261 e. The molecule has 29 heavy (non-hydrogen) atoms. The van der Waals surface area contributed by atoms with E-state index in [9.17, 15) is 13.2 Å². The van der Waals surface area contributed by atoms with Gasteiger partial charge < -0.3 is 0 Å². The minimum atomic E-state index is -3.55. The molecule has 0 bridgehead atoms. The van der Waals surface area contributed by atoms with Gasteiger partial charge in [0.2, 0.25) is 10.0 Å². The minimum absolute atomic E-state index is 0.0934. The Labute approximate surface area is 174 Å². The monoisotopic (exact) mass is 431 g/mol. The van der Waals surface area contributed by atoms with E-state index in [-0.39, 0.29) is 11.6 Å². The lowest BCUT2D eigenvalue weighted by Gasteiger charge is -2.32. The number of halogens is 1. The maximum absolute atomic E-state index is 13.0. The first kappa shape index (κ1) is 20.1. The Balaban J connectivity index is 1.57. The summed E-state index contributed by atoms with van der Waals surface area (Å²) in [4.78, 5) is 17.6. The van der Waals surface area contributed by atoms with Crippen LogP contribution in [0.25, 0.3) is 10.9 Å². The van der Waals surface area contributed by atoms with Crippen LogP contribution in [0.5, 0.6) is 0 Å². The molecule has 1 fully saturated rings. The molecular formula is C21H22ClN3O3S. The summed E-state index contributed by atoms with van der Waals surface area (Å²) >= 11 is 6.03. The molecule has 0 N–H and O–H groups in total. The lowest BCUT2D eigenvalue weighted by Crippen LogP contribution is -2.40. The average molecular weight is 432 g/mol. The summed E-state index contributed by atoms with van der Waals surface area (Å²) in [5, 5.41) is 0.966. The van der Waals surface area contributed by atoms with E-state index in [0.29, 0.717) is 46.8 Å². The van der Waals surface area contributed by atoms with Gasteiger partial charge in [-0.15, -0.1) is 0 Å². The van der Waals surface area contributed by atoms with Gasteiger partial charge in [0.25, 0.3) is 5.56 Å². The van der Waals surface area contributed by atoms with Crippen molar-refractivity contribution in [3.05, 3.63) is 69.2 Å². The van der Waals surface area contributed by atoms with Gasteiger partial charge >= 0.3 is 0 Å². The van der Waals surface area contributed by atoms with Gasteiger partial charge in [-0.05, 0) is 68.1 Å². The molecule has 0 aliphatic carbocycles. The fourth-order valence-electron chi connectivity index (χ4n) is 3.96. The third kappa shape index (κ3) is 3.82. The molecule has 4 rings (SSSR count). The number of hydrogen-bond donors (Lipinski definition) is 0. The zero-order valence-corrected chi connectivity index (χ0v) is 17.9. The Kier molecular flexibility index (Phi) is 5.23. The summed E-state index contributed by atoms with van der Waals surface area (Å²) in [7, 11) is -3.55. The number of fused-ring (bicyclic) bond motifs is 1. The molecule has 2 heterocycles. The first-order valence-corrected chi connectivity index (χ1v) is 11.3. The van der Waals surface area contributed by atoms with Crippen molar-refractivity contribution < 1.29 is 8.42 Å². The third-order valence-corrected chi connectivity index (χ3v) is 7.51. The Bertz CT molecular complexity index is 1230. The molecular weight excluding hydrogens is 410 g/mol. The molecule has 8 heteroatoms. The van der Waals surface area contributed by atoms with Gasteiger partial charge in [0.15, 0.2) is 0 Å². The lowest BCUT2D eigenvalue weighted by atomic mass is 10.1. The number of rotatable bonds is 3. The lowest BCUT2D eigenvalue weighted by molar-refractivity contribution is 0.269. The molecule has 0 radical (unpaired) electrons. The van der Waals surface area contributed by atoms with Gasteiger partial charge in [-0.2, -0.15) is 4.31 Å². The molecule has 2 aromatic carbocycles. The van der Waals surface area contributed by atoms with E-state index in [4.69, 9.17) is 11.6 Å². The third-order valence-electron chi connectivity index (χ3n) is 5.39. The van der Waals surface area contributed by atoms with Gasteiger partial charge in [-0.25, -0.2) is 13.4 Å². The van der Waals surface area contributed by atoms with E-state index in [1.54, 1.807) is 41.2 Å². The largest absolute Gasteiger partial charge is 0.296 e. The number of hydrogen-bond acceptors (Lipinski definition) is 4. The molecule has 0 saturated carbocycles. The van der Waals surface area contributed by atoms with Crippen molar-refractivity contribution in [1.82, 2.24) is 13.9 Å².